The first kappa shape index (κ1) is 91.3. The Balaban J connectivity index is 0.000000685. The van der Waals surface area contributed by atoms with Crippen molar-refractivity contribution in [1.29, 1.82) is 0 Å². The van der Waals surface area contributed by atoms with Gasteiger partial charge in [0.05, 0.1) is 0 Å². The van der Waals surface area contributed by atoms with Crippen molar-refractivity contribution in [2.45, 2.75) is 83.7 Å². The zero-order chi connectivity index (χ0) is 78.8. The Hall–Kier alpha value is -12.8. The molecule has 30 heteroatoms. The Morgan fingerprint density at radius 2 is 0.849 bits per heavy atom. The predicted molar refractivity (Wildman–Crippen MR) is 373 cm³/mol. The van der Waals surface area contributed by atoms with E-state index >= 15 is 0 Å². The summed E-state index contributed by atoms with van der Waals surface area (Å²) in [5.74, 6) is -5.51. The minimum Gasteiger partial charge on any atom is -0.475 e. The van der Waals surface area contributed by atoms with Crippen LogP contribution in [0.5, 0.6) is 0 Å². The van der Waals surface area contributed by atoms with Crippen LogP contribution in [0.3, 0.4) is 0 Å². The van der Waals surface area contributed by atoms with E-state index in [-0.39, 0.29) is 49.9 Å². The van der Waals surface area contributed by atoms with Crippen LogP contribution < -0.4 is 21.7 Å². The first-order chi connectivity index (χ1) is 50.8. The van der Waals surface area contributed by atoms with Crippen LogP contribution in [0.25, 0.3) is 4.85 Å². The van der Waals surface area contributed by atoms with Gasteiger partial charge in [0.15, 0.2) is 0 Å². The molecule has 2 atom stereocenters. The van der Waals surface area contributed by atoms with Crippen molar-refractivity contribution in [2.75, 3.05) is 39.3 Å². The number of amides is 3. The molecule has 6 N–H and O–H groups in total. The van der Waals surface area contributed by atoms with Crippen LogP contribution in [0.15, 0.2) is 220 Å². The molecule has 0 aliphatic carbocycles. The van der Waals surface area contributed by atoms with Crippen LogP contribution in [0, 0.1) is 27.3 Å². The van der Waals surface area contributed by atoms with Crippen molar-refractivity contribution in [3.63, 3.8) is 0 Å². The second-order valence-electron chi connectivity index (χ2n) is 21.6. The lowest BCUT2D eigenvalue weighted by Gasteiger charge is -2.32. The molecule has 0 saturated heterocycles. The summed E-state index contributed by atoms with van der Waals surface area (Å²) in [6, 6.07) is 42.9. The predicted octanol–water partition coefficient (Wildman–Crippen LogP) is 9.65. The Morgan fingerprint density at radius 3 is 1.21 bits per heavy atom. The number of carbonyl (C=O) groups excluding carboxylic acids is 10. The van der Waals surface area contributed by atoms with E-state index in [9.17, 15) is 45.5 Å². The van der Waals surface area contributed by atoms with Crippen LogP contribution in [0.2, 0.25) is 0 Å². The van der Waals surface area contributed by atoms with Gasteiger partial charge < -0.3 is 36.5 Å². The Labute approximate surface area is 607 Å². The normalized spacial score (nSPS) is 10.3. The lowest BCUT2D eigenvalue weighted by molar-refractivity contribution is -0.193. The third-order valence-electron chi connectivity index (χ3n) is 13.8. The van der Waals surface area contributed by atoms with Crippen molar-refractivity contribution >= 4 is 48.4 Å². The molecule has 3 aromatic carbocycles. The second kappa shape index (κ2) is 54.9. The molecule has 24 nitrogen and oxygen atoms in total. The smallest absolute Gasteiger partial charge is 0.475 e. The molecule has 6 aromatic heterocycles. The summed E-state index contributed by atoms with van der Waals surface area (Å²) in [6.07, 6.45) is 15.9. The summed E-state index contributed by atoms with van der Waals surface area (Å²) in [5, 5.41) is 16.3. The molecule has 0 saturated carbocycles. The van der Waals surface area contributed by atoms with Gasteiger partial charge in [0, 0.05) is 113 Å². The molecule has 556 valence electrons. The van der Waals surface area contributed by atoms with Gasteiger partial charge in [-0.1, -0.05) is 108 Å². The maximum absolute atomic E-state index is 13.6. The van der Waals surface area contributed by atoms with Crippen molar-refractivity contribution in [3.8, 4) is 0 Å². The summed E-state index contributed by atoms with van der Waals surface area (Å²) >= 11 is 0. The number of alkyl halides is 6. The number of halogens is 6. The standard InChI is InChI=1S/C25H25F3N4O2.C23H26N4O.C8H8N2.C8H8O.C7H10N2.C2HF3O2.3CO2/c1-18-4-6-21(7-5-18)22(23(33)31-15-10-20-3-2-12-30-17-20)32(24(34)25(26,27)28)16-11-19-8-13-29-14-9-19;1-18-4-6-21(7-5-18)22(26-15-10-19-8-13-24-14-9-19)23(28)27-16-11-20-3-2-12-25-17-20;1-9-6-4-8-3-2-5-10-7-8;1-7-2-4-8(6-9)5-3-7;8-4-1-7-2-5-9-6-3-7;3-2(4,5)1(6)7;3*2-1-3/h2-9,12-14,17,22H,10-11,15-16H2,1H3,(H,31,33);2-9,12-14,17,22,26H,10-11,15-16H2,1H3,(H,27,28);2-3,5,7H,4,6H2;2-6H,1H3;2-3,5-6H,1,4,8H2;(H,6,7);;;. The molecule has 0 radical (unpaired) electrons. The lowest BCUT2D eigenvalue weighted by Crippen LogP contribution is -2.49. The number of carboxylic acid groups (broad SMARTS) is 1. The number of rotatable bonds is 23. The second-order valence-corrected chi connectivity index (χ2v) is 21.6. The molecule has 106 heavy (non-hydrogen) atoms. The average molecular weight is 1470 g/mol. The molecular formula is C76H78F6N12O12. The van der Waals surface area contributed by atoms with Crippen molar-refractivity contribution in [1.82, 2.24) is 50.8 Å². The highest BCUT2D eigenvalue weighted by molar-refractivity contribution is 5.91. The number of hydrogen-bond donors (Lipinski definition) is 5. The summed E-state index contributed by atoms with van der Waals surface area (Å²) in [5.41, 5.74) is 16.9. The van der Waals surface area contributed by atoms with Gasteiger partial charge in [0.1, 0.15) is 18.4 Å². The monoisotopic (exact) mass is 1460 g/mol. The number of carboxylic acids is 1. The number of nitrogens with one attached hydrogen (secondary N) is 3. The van der Waals surface area contributed by atoms with Crippen LogP contribution in [-0.2, 0) is 86.5 Å². The molecule has 9 rings (SSSR count). The van der Waals surface area contributed by atoms with Crippen molar-refractivity contribution in [2.24, 2.45) is 5.73 Å². The summed E-state index contributed by atoms with van der Waals surface area (Å²) in [6.45, 7) is 14.9. The number of benzene rings is 3. The van der Waals surface area contributed by atoms with Crippen LogP contribution >= 0.6 is 0 Å². The van der Waals surface area contributed by atoms with E-state index in [1.54, 1.807) is 98.2 Å². The number of hydrogen-bond acceptors (Lipinski definition) is 19. The Bertz CT molecular complexity index is 4020. The fourth-order valence-electron chi connectivity index (χ4n) is 8.61. The van der Waals surface area contributed by atoms with Gasteiger partial charge in [-0.2, -0.15) is 55.1 Å². The molecule has 3 amide bonds. The van der Waals surface area contributed by atoms with E-state index in [0.717, 1.165) is 65.4 Å². The summed E-state index contributed by atoms with van der Waals surface area (Å²) in [7, 11) is 0. The zero-order valence-corrected chi connectivity index (χ0v) is 57.9. The van der Waals surface area contributed by atoms with E-state index in [2.05, 4.69) is 50.7 Å². The molecule has 2 unspecified atom stereocenters. The van der Waals surface area contributed by atoms with E-state index in [1.165, 1.54) is 34.6 Å². The minimum atomic E-state index is -5.13. The number of nitrogens with zero attached hydrogens (tertiary/aromatic N) is 8. The Kier molecular flexibility index (Phi) is 47.3. The maximum Gasteiger partial charge on any atom is 0.490 e. The summed E-state index contributed by atoms with van der Waals surface area (Å²) < 4.78 is 72.4. The molecule has 9 aromatic rings. The number of aldehydes is 1. The average Bonchev–Trinajstić information content (AvgIpc) is 0.802. The van der Waals surface area contributed by atoms with E-state index in [4.69, 9.17) is 51.0 Å². The fraction of sp³-hybridized carbons (Fsp3) is 0.250. The number of nitrogens with two attached hydrogens (primary N) is 1. The van der Waals surface area contributed by atoms with Gasteiger partial charge in [-0.25, -0.2) is 11.4 Å². The molecular weight excluding hydrogens is 1390 g/mol. The number of aryl methyl sites for hydroxylation is 3. The van der Waals surface area contributed by atoms with Crippen molar-refractivity contribution in [3.05, 3.63) is 298 Å². The van der Waals surface area contributed by atoms with Gasteiger partial charge in [0.2, 0.25) is 18.4 Å². The van der Waals surface area contributed by atoms with E-state index < -0.39 is 36.2 Å². The highest BCUT2D eigenvalue weighted by atomic mass is 19.4. The van der Waals surface area contributed by atoms with E-state index in [1.807, 2.05) is 130 Å². The van der Waals surface area contributed by atoms with Gasteiger partial charge in [-0.15, -0.1) is 0 Å². The van der Waals surface area contributed by atoms with Crippen LogP contribution in [-0.4, -0.2) is 140 Å². The third-order valence-corrected chi connectivity index (χ3v) is 13.8. The maximum atomic E-state index is 13.6. The first-order valence-electron chi connectivity index (χ1n) is 31.8. The highest BCUT2D eigenvalue weighted by Crippen LogP contribution is 2.29. The van der Waals surface area contributed by atoms with Crippen LogP contribution in [0.4, 0.5) is 26.3 Å². The van der Waals surface area contributed by atoms with Gasteiger partial charge >= 0.3 is 42.7 Å². The van der Waals surface area contributed by atoms with E-state index in [0.29, 0.717) is 48.6 Å². The first-order valence-corrected chi connectivity index (χ1v) is 31.8. The van der Waals surface area contributed by atoms with Crippen molar-refractivity contribution < 1.29 is 84.2 Å². The topological polar surface area (TPSA) is 355 Å². The van der Waals surface area contributed by atoms with Crippen LogP contribution in [0.1, 0.15) is 83.6 Å². The molecule has 0 bridgehead atoms. The molecule has 0 spiro atoms. The lowest BCUT2D eigenvalue weighted by atomic mass is 10.0. The fourth-order valence-corrected chi connectivity index (χ4v) is 8.61. The summed E-state index contributed by atoms with van der Waals surface area (Å²) in [4.78, 5) is 134. The molecule has 6 heterocycles. The molecule has 0 fully saturated rings. The third kappa shape index (κ3) is 41.9. The number of pyridine rings is 6. The highest BCUT2D eigenvalue weighted by Gasteiger charge is 2.46. The van der Waals surface area contributed by atoms with Gasteiger partial charge in [0.25, 0.3) is 0 Å². The SMILES string of the molecule is Cc1ccc(C(C(=O)NCCc2cccnc2)N(CCc2ccncc2)C(=O)C(F)(F)F)cc1.Cc1ccc(C(NCCc2ccncc2)C(=O)NCCc2cccnc2)cc1.Cc1ccc(C=O)cc1.NCCc1ccncc1.O=C(O)C(F)(F)F.O=C=O.O=C=O.O=C=O.[C-]#[N+]CCc1cccnc1. The molecule has 0 aliphatic rings. The zero-order valence-electron chi connectivity index (χ0n) is 57.9. The Morgan fingerprint density at radius 1 is 0.491 bits per heavy atom. The number of aromatic nitrogens is 6. The van der Waals surface area contributed by atoms with Gasteiger partial charge in [-0.05, 0) is 159 Å². The number of aliphatic carboxylic acids is 1. The number of carbonyl (C=O) groups is 5. The van der Waals surface area contributed by atoms with Gasteiger partial charge in [-0.3, -0.25) is 49.1 Å². The quantitative estimate of drug-likeness (QED) is 0.0226. The largest absolute Gasteiger partial charge is 0.490 e. The molecule has 0 aliphatic heterocycles. The minimum absolute atomic E-state index is 0.0116.